The molecule has 0 aliphatic carbocycles. The number of nitrogens with zero attached hydrogens (tertiary/aromatic N) is 3. The number of hydrogen-bond acceptors (Lipinski definition) is 14. The number of methoxy groups -OCH3 is 1. The van der Waals surface area contributed by atoms with Gasteiger partial charge in [-0.2, -0.15) is 13.2 Å². The third kappa shape index (κ3) is 29.8. The molecule has 0 saturated heterocycles. The maximum atomic E-state index is 12.8. The van der Waals surface area contributed by atoms with Gasteiger partial charge >= 0.3 is 24.1 Å². The fraction of sp³-hybridized carbons (Fsp3) is 0.426. The summed E-state index contributed by atoms with van der Waals surface area (Å²) in [6.45, 7) is 14.6. The monoisotopic (exact) mass is 1180 g/mol. The minimum atomic E-state index is -4.61. The molecule has 0 aromatic heterocycles. The van der Waals surface area contributed by atoms with Crippen molar-refractivity contribution >= 4 is 106 Å². The Hall–Kier alpha value is -4.94. The maximum absolute atomic E-state index is 12.8. The molecule has 0 fully saturated rings. The van der Waals surface area contributed by atoms with Crippen LogP contribution in [0.1, 0.15) is 54.7 Å². The van der Waals surface area contributed by atoms with E-state index in [0.717, 1.165) is 60.0 Å². The molecule has 3 N–H and O–H groups in total. The zero-order valence-electron chi connectivity index (χ0n) is 42.3. The summed E-state index contributed by atoms with van der Waals surface area (Å²) in [7, 11) is -2.13. The van der Waals surface area contributed by atoms with Crippen molar-refractivity contribution in [3.05, 3.63) is 117 Å². The highest BCUT2D eigenvalue weighted by molar-refractivity contribution is 7.94. The number of nitro benzene ring substituents is 1. The topological polar surface area (TPSA) is 265 Å². The molecule has 0 saturated carbocycles. The summed E-state index contributed by atoms with van der Waals surface area (Å²) in [6.07, 6.45) is 4.90. The smallest absolute Gasteiger partial charge is 0.416 e. The van der Waals surface area contributed by atoms with Gasteiger partial charge in [-0.05, 0) is 73.0 Å². The number of rotatable bonds is 22. The summed E-state index contributed by atoms with van der Waals surface area (Å²) in [4.78, 5) is 87.4. The van der Waals surface area contributed by atoms with Crippen molar-refractivity contribution in [3.8, 4) is 11.5 Å². The van der Waals surface area contributed by atoms with Gasteiger partial charge in [0.2, 0.25) is 5.91 Å². The third-order valence-corrected chi connectivity index (χ3v) is 9.99. The molecule has 0 bridgehead atoms. The second-order valence-corrected chi connectivity index (χ2v) is 20.8. The number of nitrogens with one attached hydrogen (secondary N) is 1. The first-order chi connectivity index (χ1) is 34.9. The fourth-order valence-electron chi connectivity index (χ4n) is 5.35. The number of carbonyl (C=O) groups excluding carboxylic acids is 4. The van der Waals surface area contributed by atoms with E-state index in [1.54, 1.807) is 31.1 Å². The molecule has 420 valence electrons. The summed E-state index contributed by atoms with van der Waals surface area (Å²) >= 11 is 22.3. The highest BCUT2D eigenvalue weighted by Crippen LogP contribution is 2.37. The molecule has 2 amide bonds. The molecule has 2 unspecified atom stereocenters. The number of ether oxygens (including phenoxy) is 4. The van der Waals surface area contributed by atoms with Crippen molar-refractivity contribution < 1.29 is 80.5 Å². The molecule has 3 aromatic carbocycles. The Morgan fingerprint density at radius 2 is 1.52 bits per heavy atom. The number of aryl methyl sites for hydroxylation is 2. The van der Waals surface area contributed by atoms with E-state index in [9.17, 15) is 56.7 Å². The van der Waals surface area contributed by atoms with Gasteiger partial charge in [0.05, 0.1) is 59.4 Å². The van der Waals surface area contributed by atoms with E-state index in [1.807, 2.05) is 23.5 Å². The number of aliphatic carboxylic acids is 1. The molecule has 2 atom stereocenters. The van der Waals surface area contributed by atoms with Crippen LogP contribution in [0.2, 0.25) is 5.02 Å². The molecule has 0 aliphatic rings. The van der Waals surface area contributed by atoms with E-state index in [2.05, 4.69) is 45.8 Å². The van der Waals surface area contributed by atoms with Crippen LogP contribution in [0.4, 0.5) is 24.5 Å². The average molecular weight is 1180 g/mol. The summed E-state index contributed by atoms with van der Waals surface area (Å²) < 4.78 is 68.3. The second kappa shape index (κ2) is 37.7. The van der Waals surface area contributed by atoms with Crippen LogP contribution < -0.4 is 19.8 Å². The molecule has 0 radical (unpaired) electrons. The number of carbonyl (C=O) groups is 5. The zero-order chi connectivity index (χ0) is 58.2. The summed E-state index contributed by atoms with van der Waals surface area (Å²) in [6, 6.07) is 11.5. The Labute approximate surface area is 456 Å². The fourth-order valence-corrected chi connectivity index (χ4v) is 6.39. The number of halogens is 7. The molecular weight excluding hydrogens is 1120 g/mol. The van der Waals surface area contributed by atoms with Gasteiger partial charge in [-0.3, -0.25) is 34.7 Å². The standard InChI is InChI=1S/C19H15ClF3NO7.C14H20ClNO2.C8H11Cl2NO.C3H8NO5P.C3H9S/c1-3-29-17(25)10(2)30-18(26)13-9-12(5-6-15(13)24(27)28)31-16-7-4-11(8-14(16)20)19(21,22)23;1-4-11-7-6-8-12(5-2)14(11)16(10-18-3)13(17)9-15;1-3-5-11(6-4-2)8(12)7(9)10;5-3(6)1-4-2-10(7,8)9;1-4(2)3/h4-10H,3H2,1-2H3;6-8H,4-5,9-10H2,1-3H3;3-4,7H,1-2,5-6H2;4H,1-2H2,(H,5,6)(H2,7,8,9);1-3H3/q;;;;+1/p-1. The highest BCUT2D eigenvalue weighted by Gasteiger charge is 2.32. The Kier molecular flexibility index (Phi) is 36.3. The Morgan fingerprint density at radius 3 is 1.92 bits per heavy atom. The second-order valence-electron chi connectivity index (χ2n) is 14.9. The molecule has 28 heteroatoms. The lowest BCUT2D eigenvalue weighted by Gasteiger charge is -2.26. The van der Waals surface area contributed by atoms with Gasteiger partial charge in [0.25, 0.3) is 11.6 Å². The van der Waals surface area contributed by atoms with Gasteiger partial charge in [0.15, 0.2) is 10.9 Å². The minimum absolute atomic E-state index is 0.0371. The van der Waals surface area contributed by atoms with Crippen LogP contribution in [0.5, 0.6) is 11.5 Å². The number of carboxylic acids is 1. The number of amides is 2. The van der Waals surface area contributed by atoms with Gasteiger partial charge in [-0.1, -0.05) is 79.0 Å². The highest BCUT2D eigenvalue weighted by atomic mass is 35.5. The lowest BCUT2D eigenvalue weighted by atomic mass is 10.0. The Balaban J connectivity index is 0. The first-order valence-corrected chi connectivity index (χ1v) is 27.8. The molecule has 3 rings (SSSR count). The van der Waals surface area contributed by atoms with Crippen LogP contribution in [0, 0.1) is 10.1 Å². The van der Waals surface area contributed by atoms with Gasteiger partial charge in [-0.25, -0.2) is 9.59 Å². The zero-order valence-corrected chi connectivity index (χ0v) is 47.1. The molecule has 0 spiro atoms. The van der Waals surface area contributed by atoms with E-state index in [1.165, 1.54) is 11.8 Å². The lowest BCUT2D eigenvalue weighted by Crippen LogP contribution is -2.35. The maximum Gasteiger partial charge on any atom is 0.416 e. The van der Waals surface area contributed by atoms with Crippen LogP contribution in [0.3, 0.4) is 0 Å². The number of nitro groups is 1. The number of hydrogen-bond donors (Lipinski definition) is 3. The van der Waals surface area contributed by atoms with Crippen LogP contribution in [0.25, 0.3) is 0 Å². The van der Waals surface area contributed by atoms with Crippen molar-refractivity contribution in [1.82, 2.24) is 10.2 Å². The van der Waals surface area contributed by atoms with Crippen molar-refractivity contribution in [2.24, 2.45) is 0 Å². The molecule has 0 heterocycles. The van der Waals surface area contributed by atoms with Crippen molar-refractivity contribution in [1.29, 1.82) is 0 Å². The minimum Gasteiger partial charge on any atom is -0.778 e. The summed E-state index contributed by atoms with van der Waals surface area (Å²) in [5, 5.41) is 20.8. The first-order valence-electron chi connectivity index (χ1n) is 21.8. The number of anilines is 1. The summed E-state index contributed by atoms with van der Waals surface area (Å²) in [5.74, 6) is -4.02. The molecule has 19 nitrogen and oxygen atoms in total. The number of esters is 2. The third-order valence-electron chi connectivity index (χ3n) is 8.47. The largest absolute Gasteiger partial charge is 0.778 e. The van der Waals surface area contributed by atoms with Crippen LogP contribution in [-0.4, -0.2) is 132 Å². The van der Waals surface area contributed by atoms with E-state index in [0.29, 0.717) is 30.1 Å². The van der Waals surface area contributed by atoms with Gasteiger partial charge < -0.3 is 43.3 Å². The average Bonchev–Trinajstić information content (AvgIpc) is 3.32. The predicted molar refractivity (Wildman–Crippen MR) is 284 cm³/mol. The quantitative estimate of drug-likeness (QED) is 0.0124. The van der Waals surface area contributed by atoms with Crippen LogP contribution in [-0.2, 0) is 67.9 Å². The van der Waals surface area contributed by atoms with E-state index >= 15 is 0 Å². The van der Waals surface area contributed by atoms with Crippen LogP contribution >= 0.6 is 54.0 Å². The van der Waals surface area contributed by atoms with Crippen molar-refractivity contribution in [2.45, 2.75) is 57.7 Å². The van der Waals surface area contributed by atoms with E-state index in [4.69, 9.17) is 75.4 Å². The van der Waals surface area contributed by atoms with Crippen molar-refractivity contribution in [2.75, 3.05) is 75.9 Å². The Bertz CT molecular complexity index is 2350. The predicted octanol–water partition coefficient (Wildman–Crippen LogP) is 8.80. The van der Waals surface area contributed by atoms with Crippen molar-refractivity contribution in [3.63, 3.8) is 0 Å². The van der Waals surface area contributed by atoms with E-state index in [-0.39, 0.29) is 47.6 Å². The number of carboxylic acid groups (broad SMARTS) is 1. The number of benzene rings is 3. The number of alkyl halides is 6. The normalized spacial score (nSPS) is 11.7. The summed E-state index contributed by atoms with van der Waals surface area (Å²) in [5.41, 5.74) is 1.07. The van der Waals surface area contributed by atoms with Gasteiger partial charge in [-0.15, -0.1) is 24.8 Å². The molecule has 75 heavy (non-hydrogen) atoms. The van der Waals surface area contributed by atoms with Gasteiger partial charge in [0.1, 0.15) is 37.3 Å². The SMILES string of the molecule is C=CCN(CC=C)C(=O)C(Cl)Cl.CCOC(=O)C(C)OC(=O)c1cc(Oc2ccc(C(F)(F)F)cc2Cl)ccc1[N+](=O)[O-].CCc1cccc(CC)c1N(COC)C(=O)CCl.C[S+](C)C.O=C(O)CNCP(=O)([O-])O. The molecule has 0 aliphatic heterocycles. The Morgan fingerprint density at radius 1 is 0.973 bits per heavy atom. The number of para-hydroxylation sites is 1. The van der Waals surface area contributed by atoms with Gasteiger partial charge in [0, 0.05) is 32.3 Å². The first kappa shape index (κ1) is 72.1. The lowest BCUT2D eigenvalue weighted by molar-refractivity contribution is -0.385. The van der Waals surface area contributed by atoms with Crippen LogP contribution in [0.15, 0.2) is 79.9 Å². The molecular formula is C47H62Cl4F3N4O15PS. The van der Waals surface area contributed by atoms with E-state index < -0.39 is 77.2 Å². The molecule has 3 aromatic rings.